The van der Waals surface area contributed by atoms with E-state index in [1.54, 1.807) is 0 Å². The molecule has 0 aliphatic heterocycles. The van der Waals surface area contributed by atoms with Gasteiger partial charge in [-0.1, -0.05) is 32.6 Å². The molecule has 0 radical (unpaired) electrons. The number of aromatic nitrogens is 2. The van der Waals surface area contributed by atoms with Crippen molar-refractivity contribution in [3.63, 3.8) is 0 Å². The molecule has 118 valence electrons. The molecule has 2 saturated carbocycles. The molecule has 0 bridgehead atoms. The number of fused-ring (bicyclic) bond motifs is 1. The van der Waals surface area contributed by atoms with Crippen LogP contribution in [0.3, 0.4) is 0 Å². The number of aryl methyl sites for hydroxylation is 1. The molecule has 1 aromatic rings. The third-order valence-electron chi connectivity index (χ3n) is 5.58. The highest BCUT2D eigenvalue weighted by molar-refractivity contribution is 9.10. The molecule has 3 nitrogen and oxygen atoms in total. The van der Waals surface area contributed by atoms with Crippen LogP contribution in [-0.4, -0.2) is 14.9 Å². The van der Waals surface area contributed by atoms with Crippen LogP contribution >= 0.6 is 15.9 Å². The molecule has 1 N–H and O–H groups in total. The van der Waals surface area contributed by atoms with Crippen molar-refractivity contribution in [1.29, 1.82) is 0 Å². The SMILES string of the molecule is CCCn1ncc(Br)c1C(O)C1CCC2CCCCC2C1. The minimum absolute atomic E-state index is 0.365. The largest absolute Gasteiger partial charge is 0.386 e. The third-order valence-corrected chi connectivity index (χ3v) is 6.19. The van der Waals surface area contributed by atoms with Gasteiger partial charge in [0.2, 0.25) is 0 Å². The number of nitrogens with zero attached hydrogens (tertiary/aromatic N) is 2. The first-order valence-corrected chi connectivity index (χ1v) is 9.39. The predicted molar refractivity (Wildman–Crippen MR) is 88.0 cm³/mol. The second-order valence-corrected chi connectivity index (χ2v) is 7.78. The maximum absolute atomic E-state index is 10.9. The maximum Gasteiger partial charge on any atom is 0.0996 e. The standard InChI is InChI=1S/C17H27BrN2O/c1-2-9-20-16(15(18)11-19-20)17(21)14-8-7-12-5-3-4-6-13(12)10-14/h11-14,17,21H,2-10H2,1H3. The van der Waals surface area contributed by atoms with E-state index < -0.39 is 0 Å². The first-order chi connectivity index (χ1) is 10.2. The highest BCUT2D eigenvalue weighted by atomic mass is 79.9. The van der Waals surface area contributed by atoms with E-state index in [1.807, 2.05) is 10.9 Å². The summed E-state index contributed by atoms with van der Waals surface area (Å²) in [4.78, 5) is 0. The first-order valence-electron chi connectivity index (χ1n) is 8.60. The second kappa shape index (κ2) is 6.82. The highest BCUT2D eigenvalue weighted by Crippen LogP contribution is 2.46. The number of aliphatic hydroxyl groups excluding tert-OH is 1. The zero-order valence-corrected chi connectivity index (χ0v) is 14.6. The summed E-state index contributed by atoms with van der Waals surface area (Å²) in [5.41, 5.74) is 0.996. The zero-order chi connectivity index (χ0) is 14.8. The van der Waals surface area contributed by atoms with Crippen LogP contribution in [0.2, 0.25) is 0 Å². The molecule has 1 heterocycles. The summed E-state index contributed by atoms with van der Waals surface area (Å²) >= 11 is 3.58. The number of hydrogen-bond donors (Lipinski definition) is 1. The summed E-state index contributed by atoms with van der Waals surface area (Å²) in [6.45, 7) is 3.04. The number of hydrogen-bond acceptors (Lipinski definition) is 2. The van der Waals surface area contributed by atoms with Crippen molar-refractivity contribution < 1.29 is 5.11 Å². The Labute approximate surface area is 136 Å². The van der Waals surface area contributed by atoms with Crippen LogP contribution in [0.1, 0.15) is 70.1 Å². The lowest BCUT2D eigenvalue weighted by Gasteiger charge is -2.40. The van der Waals surface area contributed by atoms with Gasteiger partial charge < -0.3 is 5.11 Å². The number of halogens is 1. The van der Waals surface area contributed by atoms with Gasteiger partial charge in [0.1, 0.15) is 0 Å². The van der Waals surface area contributed by atoms with Crippen LogP contribution in [-0.2, 0) is 6.54 Å². The van der Waals surface area contributed by atoms with Crippen molar-refractivity contribution in [3.8, 4) is 0 Å². The maximum atomic E-state index is 10.9. The molecule has 21 heavy (non-hydrogen) atoms. The Kier molecular flexibility index (Phi) is 5.05. The summed E-state index contributed by atoms with van der Waals surface area (Å²) in [5, 5.41) is 15.3. The van der Waals surface area contributed by atoms with Crippen molar-refractivity contribution >= 4 is 15.9 Å². The molecule has 0 amide bonds. The summed E-state index contributed by atoms with van der Waals surface area (Å²) < 4.78 is 2.95. The first kappa shape index (κ1) is 15.5. The van der Waals surface area contributed by atoms with Gasteiger partial charge in [0.05, 0.1) is 22.5 Å². The lowest BCUT2D eigenvalue weighted by atomic mass is 9.66. The topological polar surface area (TPSA) is 38.0 Å². The number of aliphatic hydroxyl groups is 1. The molecule has 0 spiro atoms. The Bertz CT molecular complexity index is 473. The Morgan fingerprint density at radius 3 is 2.81 bits per heavy atom. The molecule has 4 heteroatoms. The normalized spacial score (nSPS) is 30.9. The van der Waals surface area contributed by atoms with Gasteiger partial charge in [0, 0.05) is 6.54 Å². The zero-order valence-electron chi connectivity index (χ0n) is 13.0. The van der Waals surface area contributed by atoms with E-state index in [4.69, 9.17) is 0 Å². The van der Waals surface area contributed by atoms with E-state index in [-0.39, 0.29) is 6.10 Å². The van der Waals surface area contributed by atoms with Crippen LogP contribution in [0, 0.1) is 17.8 Å². The van der Waals surface area contributed by atoms with Gasteiger partial charge >= 0.3 is 0 Å². The van der Waals surface area contributed by atoms with E-state index in [0.29, 0.717) is 5.92 Å². The van der Waals surface area contributed by atoms with Crippen molar-refractivity contribution in [2.45, 2.75) is 70.9 Å². The molecular weight excluding hydrogens is 328 g/mol. The van der Waals surface area contributed by atoms with Gasteiger partial charge in [-0.05, 0) is 59.4 Å². The smallest absolute Gasteiger partial charge is 0.0996 e. The quantitative estimate of drug-likeness (QED) is 0.850. The Morgan fingerprint density at radius 1 is 1.29 bits per heavy atom. The Hall–Kier alpha value is -0.350. The summed E-state index contributed by atoms with van der Waals surface area (Å²) in [7, 11) is 0. The average Bonchev–Trinajstić information content (AvgIpc) is 2.87. The molecule has 0 saturated heterocycles. The van der Waals surface area contributed by atoms with Gasteiger partial charge in [0.15, 0.2) is 0 Å². The van der Waals surface area contributed by atoms with Crippen LogP contribution < -0.4 is 0 Å². The molecule has 4 unspecified atom stereocenters. The minimum atomic E-state index is -0.365. The van der Waals surface area contributed by atoms with E-state index in [1.165, 1.54) is 44.9 Å². The molecule has 1 aromatic heterocycles. The fraction of sp³-hybridized carbons (Fsp3) is 0.824. The van der Waals surface area contributed by atoms with Crippen molar-refractivity contribution in [2.75, 3.05) is 0 Å². The van der Waals surface area contributed by atoms with Crippen LogP contribution in [0.4, 0.5) is 0 Å². The highest BCUT2D eigenvalue weighted by Gasteiger charge is 2.36. The molecule has 3 rings (SSSR count). The van der Waals surface area contributed by atoms with Crippen molar-refractivity contribution in [3.05, 3.63) is 16.4 Å². The lowest BCUT2D eigenvalue weighted by molar-refractivity contribution is 0.0295. The van der Waals surface area contributed by atoms with E-state index >= 15 is 0 Å². The van der Waals surface area contributed by atoms with Crippen LogP contribution in [0.25, 0.3) is 0 Å². The Balaban J connectivity index is 1.73. The summed E-state index contributed by atoms with van der Waals surface area (Å²) in [6.07, 6.45) is 11.8. The monoisotopic (exact) mass is 354 g/mol. The fourth-order valence-electron chi connectivity index (χ4n) is 4.48. The van der Waals surface area contributed by atoms with Gasteiger partial charge in [-0.3, -0.25) is 4.68 Å². The lowest BCUT2D eigenvalue weighted by Crippen LogP contribution is -2.31. The van der Waals surface area contributed by atoms with Gasteiger partial charge in [-0.2, -0.15) is 5.10 Å². The van der Waals surface area contributed by atoms with Gasteiger partial charge in [-0.25, -0.2) is 0 Å². The molecule has 0 aromatic carbocycles. The summed E-state index contributed by atoms with van der Waals surface area (Å²) in [5.74, 6) is 2.20. The fourth-order valence-corrected chi connectivity index (χ4v) is 5.01. The van der Waals surface area contributed by atoms with E-state index in [2.05, 4.69) is 28.0 Å². The van der Waals surface area contributed by atoms with Gasteiger partial charge in [0.25, 0.3) is 0 Å². The van der Waals surface area contributed by atoms with Gasteiger partial charge in [-0.15, -0.1) is 0 Å². The van der Waals surface area contributed by atoms with E-state index in [0.717, 1.165) is 35.0 Å². The van der Waals surface area contributed by atoms with Crippen LogP contribution in [0.5, 0.6) is 0 Å². The molecule has 4 atom stereocenters. The molecular formula is C17H27BrN2O. The molecule has 2 fully saturated rings. The third kappa shape index (κ3) is 3.21. The van der Waals surface area contributed by atoms with E-state index in [9.17, 15) is 5.11 Å². The Morgan fingerprint density at radius 2 is 2.05 bits per heavy atom. The molecule has 2 aliphatic carbocycles. The summed E-state index contributed by atoms with van der Waals surface area (Å²) in [6, 6.07) is 0. The average molecular weight is 355 g/mol. The van der Waals surface area contributed by atoms with Crippen LogP contribution in [0.15, 0.2) is 10.7 Å². The molecule has 2 aliphatic rings. The van der Waals surface area contributed by atoms with Crippen molar-refractivity contribution in [1.82, 2.24) is 9.78 Å². The second-order valence-electron chi connectivity index (χ2n) is 6.92. The minimum Gasteiger partial charge on any atom is -0.386 e. The van der Waals surface area contributed by atoms with Crippen molar-refractivity contribution in [2.24, 2.45) is 17.8 Å². The predicted octanol–water partition coefficient (Wildman–Crippen LogP) is 4.70. The number of rotatable bonds is 4.